The van der Waals surface area contributed by atoms with Crippen LogP contribution in [0.3, 0.4) is 0 Å². The molecule has 0 aliphatic rings. The van der Waals surface area contributed by atoms with E-state index < -0.39 is 38.3 Å². The van der Waals surface area contributed by atoms with Crippen LogP contribution in [0.4, 0.5) is 15.1 Å². The molecule has 190 valence electrons. The number of carboxylic acids is 1. The van der Waals surface area contributed by atoms with E-state index in [0.717, 1.165) is 33.8 Å². The Hall–Kier alpha value is -4.04. The molecule has 1 aromatic heterocycles. The summed E-state index contributed by atoms with van der Waals surface area (Å²) in [5.74, 6) is -2.65. The molecule has 0 aliphatic carbocycles. The summed E-state index contributed by atoms with van der Waals surface area (Å²) in [5.41, 5.74) is 0.986. The largest absolute Gasteiger partial charge is 0.497 e. The normalized spacial score (nSPS) is 11.0. The van der Waals surface area contributed by atoms with E-state index >= 15 is 0 Å². The van der Waals surface area contributed by atoms with Crippen molar-refractivity contribution >= 4 is 49.8 Å². The van der Waals surface area contributed by atoms with Gasteiger partial charge in [-0.1, -0.05) is 12.1 Å². The van der Waals surface area contributed by atoms with Crippen molar-refractivity contribution in [1.29, 1.82) is 5.41 Å². The van der Waals surface area contributed by atoms with Crippen molar-refractivity contribution in [2.24, 2.45) is 0 Å². The third-order valence-corrected chi connectivity index (χ3v) is 7.61. The summed E-state index contributed by atoms with van der Waals surface area (Å²) in [7, 11) is -1.53. The van der Waals surface area contributed by atoms with E-state index in [1.54, 1.807) is 24.3 Å². The van der Waals surface area contributed by atoms with Gasteiger partial charge in [0, 0.05) is 7.05 Å². The van der Waals surface area contributed by atoms with Gasteiger partial charge in [0.15, 0.2) is 5.69 Å². The molecule has 0 bridgehead atoms. The number of rotatable bonds is 10. The molecule has 3 rings (SSSR count). The topological polar surface area (TPSA) is 162 Å². The van der Waals surface area contributed by atoms with Crippen LogP contribution in [0.2, 0.25) is 0 Å². The first kappa shape index (κ1) is 26.6. The molecule has 4 N–H and O–H groups in total. The highest BCUT2D eigenvalue weighted by Crippen LogP contribution is 2.33. The third kappa shape index (κ3) is 5.95. The van der Waals surface area contributed by atoms with E-state index in [0.29, 0.717) is 11.3 Å². The Labute approximate surface area is 210 Å². The predicted molar refractivity (Wildman–Crippen MR) is 132 cm³/mol. The number of nitrogens with one attached hydrogen (secondary N) is 3. The lowest BCUT2D eigenvalue weighted by molar-refractivity contribution is -0.115. The fourth-order valence-corrected chi connectivity index (χ4v) is 5.54. The van der Waals surface area contributed by atoms with Crippen molar-refractivity contribution in [3.8, 4) is 5.75 Å². The Morgan fingerprint density at radius 2 is 1.92 bits per heavy atom. The number of halogens is 1. The van der Waals surface area contributed by atoms with Crippen LogP contribution in [0.5, 0.6) is 5.75 Å². The number of thiazole rings is 1. The molecule has 11 nitrogen and oxygen atoms in total. The van der Waals surface area contributed by atoms with E-state index in [1.807, 2.05) is 0 Å². The number of nitrogens with zero attached hydrogens (tertiary/aromatic N) is 2. The number of anilines is 2. The molecular weight excluding hydrogens is 513 g/mol. The molecule has 0 saturated carbocycles. The number of amides is 1. The Balaban J connectivity index is 1.99. The van der Waals surface area contributed by atoms with E-state index in [-0.39, 0.29) is 29.5 Å². The van der Waals surface area contributed by atoms with Crippen molar-refractivity contribution in [1.82, 2.24) is 10.3 Å². The van der Waals surface area contributed by atoms with Gasteiger partial charge in [-0.3, -0.25) is 14.5 Å². The average molecular weight is 536 g/mol. The SMILES string of the molecule is CNC(=N)CC(=O)Nc1ccc(S(=O)(=O)N(Cc2ccc(OC)cc2)c2scnc2C(=O)O)cc1F. The molecule has 0 saturated heterocycles. The van der Waals surface area contributed by atoms with Crippen LogP contribution in [-0.4, -0.2) is 50.4 Å². The molecule has 3 aromatic rings. The summed E-state index contributed by atoms with van der Waals surface area (Å²) in [6.07, 6.45) is -0.324. The van der Waals surface area contributed by atoms with E-state index in [4.69, 9.17) is 10.1 Å². The number of amidine groups is 1. The molecule has 36 heavy (non-hydrogen) atoms. The minimum atomic E-state index is -4.47. The number of benzene rings is 2. The summed E-state index contributed by atoms with van der Waals surface area (Å²) in [4.78, 5) is 26.9. The van der Waals surface area contributed by atoms with Gasteiger partial charge in [-0.15, -0.1) is 11.3 Å². The maximum atomic E-state index is 14.8. The number of aromatic nitrogens is 1. The molecular formula is C22H22FN5O6S2. The Morgan fingerprint density at radius 3 is 2.50 bits per heavy atom. The van der Waals surface area contributed by atoms with E-state index in [9.17, 15) is 27.5 Å². The molecule has 2 aromatic carbocycles. The fraction of sp³-hybridized carbons (Fsp3) is 0.182. The number of carbonyl (C=O) groups is 2. The van der Waals surface area contributed by atoms with Crippen LogP contribution in [0, 0.1) is 11.2 Å². The molecule has 0 spiro atoms. The number of methoxy groups -OCH3 is 1. The van der Waals surface area contributed by atoms with Crippen LogP contribution in [-0.2, 0) is 21.4 Å². The van der Waals surface area contributed by atoms with Gasteiger partial charge < -0.3 is 20.5 Å². The highest BCUT2D eigenvalue weighted by Gasteiger charge is 2.31. The van der Waals surface area contributed by atoms with Crippen LogP contribution in [0.1, 0.15) is 22.5 Å². The third-order valence-electron chi connectivity index (χ3n) is 4.90. The van der Waals surface area contributed by atoms with Gasteiger partial charge in [0.2, 0.25) is 5.91 Å². The molecule has 0 atom stereocenters. The second kappa shape index (κ2) is 11.1. The number of hydrogen-bond acceptors (Lipinski definition) is 8. The summed E-state index contributed by atoms with van der Waals surface area (Å²) in [6, 6.07) is 9.39. The smallest absolute Gasteiger partial charge is 0.357 e. The van der Waals surface area contributed by atoms with Gasteiger partial charge in [0.1, 0.15) is 22.4 Å². The molecule has 0 aliphatic heterocycles. The molecule has 1 amide bonds. The van der Waals surface area contributed by atoms with Gasteiger partial charge in [-0.25, -0.2) is 22.6 Å². The lowest BCUT2D eigenvalue weighted by atomic mass is 10.2. The quantitative estimate of drug-likeness (QED) is 0.228. The van der Waals surface area contributed by atoms with Crippen molar-refractivity contribution in [3.63, 3.8) is 0 Å². The highest BCUT2D eigenvalue weighted by atomic mass is 32.2. The lowest BCUT2D eigenvalue weighted by Crippen LogP contribution is -2.31. The molecule has 1 heterocycles. The number of carbonyl (C=O) groups excluding carboxylic acids is 1. The van der Waals surface area contributed by atoms with Crippen molar-refractivity contribution < 1.29 is 32.2 Å². The van der Waals surface area contributed by atoms with Crippen LogP contribution in [0.15, 0.2) is 52.9 Å². The van der Waals surface area contributed by atoms with Crippen molar-refractivity contribution in [2.75, 3.05) is 23.8 Å². The monoisotopic (exact) mass is 535 g/mol. The Morgan fingerprint density at radius 1 is 1.22 bits per heavy atom. The zero-order valence-electron chi connectivity index (χ0n) is 19.1. The van der Waals surface area contributed by atoms with Crippen LogP contribution < -0.4 is 19.7 Å². The van der Waals surface area contributed by atoms with E-state index in [2.05, 4.69) is 15.6 Å². The average Bonchev–Trinajstić information content (AvgIpc) is 3.33. The zero-order valence-corrected chi connectivity index (χ0v) is 20.7. The first-order valence-corrected chi connectivity index (χ1v) is 12.6. The fourth-order valence-electron chi connectivity index (χ4n) is 3.05. The van der Waals surface area contributed by atoms with Gasteiger partial charge in [0.05, 0.1) is 36.2 Å². The Bertz CT molecular complexity index is 1390. The zero-order chi connectivity index (χ0) is 26.5. The second-order valence-electron chi connectivity index (χ2n) is 7.27. The van der Waals surface area contributed by atoms with Crippen molar-refractivity contribution in [3.05, 3.63) is 65.0 Å². The summed E-state index contributed by atoms with van der Waals surface area (Å²) in [5, 5.41) is 21.6. The lowest BCUT2D eigenvalue weighted by Gasteiger charge is -2.24. The number of aromatic carboxylic acids is 1. The number of sulfonamides is 1. The number of hydrogen-bond donors (Lipinski definition) is 4. The summed E-state index contributed by atoms with van der Waals surface area (Å²) in [6.45, 7) is -0.263. The van der Waals surface area contributed by atoms with Gasteiger partial charge >= 0.3 is 5.97 Å². The molecule has 0 fully saturated rings. The van der Waals surface area contributed by atoms with Crippen LogP contribution >= 0.6 is 11.3 Å². The first-order valence-electron chi connectivity index (χ1n) is 10.2. The molecule has 0 unspecified atom stereocenters. The second-order valence-corrected chi connectivity index (χ2v) is 9.96. The van der Waals surface area contributed by atoms with E-state index in [1.165, 1.54) is 19.7 Å². The standard InChI is InChI=1S/C22H22FN5O6S2/c1-25-18(24)10-19(29)27-17-8-7-15(9-16(17)23)36(32,33)28(21-20(22(30)31)26-12-35-21)11-13-3-5-14(34-2)6-4-13/h3-9,12H,10-11H2,1-2H3,(H2,24,25)(H,27,29)(H,30,31). The van der Waals surface area contributed by atoms with Gasteiger partial charge in [0.25, 0.3) is 10.0 Å². The van der Waals surface area contributed by atoms with Crippen molar-refractivity contribution in [2.45, 2.75) is 17.9 Å². The molecule has 0 radical (unpaired) electrons. The van der Waals surface area contributed by atoms with Gasteiger partial charge in [-0.2, -0.15) is 0 Å². The predicted octanol–water partition coefficient (Wildman–Crippen LogP) is 2.91. The highest BCUT2D eigenvalue weighted by molar-refractivity contribution is 7.93. The number of ether oxygens (including phenoxy) is 1. The maximum absolute atomic E-state index is 14.8. The minimum Gasteiger partial charge on any atom is -0.497 e. The van der Waals surface area contributed by atoms with Gasteiger partial charge in [-0.05, 0) is 35.9 Å². The maximum Gasteiger partial charge on any atom is 0.357 e. The summed E-state index contributed by atoms with van der Waals surface area (Å²) >= 11 is 0.811. The molecule has 14 heteroatoms. The Kier molecular flexibility index (Phi) is 8.22. The number of carboxylic acid groups (broad SMARTS) is 1. The first-order chi connectivity index (χ1) is 17.1. The summed E-state index contributed by atoms with van der Waals surface area (Å²) < 4.78 is 48.0. The van der Waals surface area contributed by atoms with Crippen LogP contribution in [0.25, 0.3) is 0 Å². The minimum absolute atomic E-state index is 0.0833.